The fourth-order valence-electron chi connectivity index (χ4n) is 2.60. The summed E-state index contributed by atoms with van der Waals surface area (Å²) < 4.78 is 10.5. The molecule has 2 aliphatic heterocycles. The molecule has 2 aliphatic rings. The molecule has 6 N–H and O–H groups in total. The van der Waals surface area contributed by atoms with Gasteiger partial charge in [0.2, 0.25) is 5.91 Å². The molecule has 2 saturated heterocycles. The molecule has 0 saturated carbocycles. The molecule has 2 bridgehead atoms. The maximum Gasteiger partial charge on any atom is 0.364 e. The first-order valence-electron chi connectivity index (χ1n) is 6.31. The second-order valence-corrected chi connectivity index (χ2v) is 5.00. The van der Waals surface area contributed by atoms with Crippen LogP contribution in [-0.4, -0.2) is 86.9 Å². The zero-order valence-electron chi connectivity index (χ0n) is 10.9. The van der Waals surface area contributed by atoms with Crippen LogP contribution in [0.5, 0.6) is 0 Å². The number of carbonyl (C=O) groups excluding carboxylic acids is 1. The number of ether oxygens (including phenoxy) is 2. The predicted molar refractivity (Wildman–Crippen MR) is 62.8 cm³/mol. The van der Waals surface area contributed by atoms with Crippen LogP contribution >= 0.6 is 0 Å². The minimum Gasteiger partial charge on any atom is -0.477 e. The second kappa shape index (κ2) is 5.83. The molecular weight excluding hydrogens is 290 g/mol. The smallest absolute Gasteiger partial charge is 0.364 e. The average molecular weight is 307 g/mol. The summed E-state index contributed by atoms with van der Waals surface area (Å²) >= 11 is 0. The molecule has 21 heavy (non-hydrogen) atoms. The Morgan fingerprint density at radius 2 is 2.00 bits per heavy atom. The topological polar surface area (TPSA) is 166 Å². The van der Waals surface area contributed by atoms with E-state index < -0.39 is 67.8 Å². The first kappa shape index (κ1) is 16.1. The van der Waals surface area contributed by atoms with Crippen molar-refractivity contribution >= 4 is 11.9 Å². The van der Waals surface area contributed by atoms with Crippen LogP contribution in [0, 0.1) is 0 Å². The highest BCUT2D eigenvalue weighted by molar-refractivity contribution is 5.78. The lowest BCUT2D eigenvalue weighted by molar-refractivity contribution is -0.234. The van der Waals surface area contributed by atoms with Crippen molar-refractivity contribution in [3.63, 3.8) is 0 Å². The number of hydrogen-bond donors (Lipinski definition) is 6. The lowest BCUT2D eigenvalue weighted by Gasteiger charge is -2.37. The molecule has 120 valence electrons. The van der Waals surface area contributed by atoms with Crippen LogP contribution in [0.2, 0.25) is 0 Å². The number of carboxylic acid groups (broad SMARTS) is 1. The maximum absolute atomic E-state index is 11.3. The van der Waals surface area contributed by atoms with E-state index in [9.17, 15) is 24.9 Å². The van der Waals surface area contributed by atoms with Crippen LogP contribution in [0.3, 0.4) is 0 Å². The van der Waals surface area contributed by atoms with Crippen LogP contribution in [-0.2, 0) is 19.1 Å². The minimum absolute atomic E-state index is 0.468. The summed E-state index contributed by atoms with van der Waals surface area (Å²) in [6, 6.07) is -1.08. The normalized spacial score (nSPS) is 39.8. The molecule has 0 aromatic carbocycles. The Hall–Kier alpha value is -1.30. The second-order valence-electron chi connectivity index (χ2n) is 5.00. The number of carbonyl (C=O) groups is 2. The molecule has 0 radical (unpaired) electrons. The molecule has 6 atom stereocenters. The van der Waals surface area contributed by atoms with E-state index in [0.717, 1.165) is 0 Å². The van der Waals surface area contributed by atoms with Gasteiger partial charge in [-0.2, -0.15) is 0 Å². The van der Waals surface area contributed by atoms with Crippen LogP contribution in [0.4, 0.5) is 0 Å². The zero-order valence-corrected chi connectivity index (χ0v) is 10.9. The number of carboxylic acids is 1. The van der Waals surface area contributed by atoms with Gasteiger partial charge in [0.05, 0.1) is 18.8 Å². The SMILES string of the molecule is O=C(CO)N[C@H]1[C@H]2OC(C(=O)O)(C[C@@H]1O)O[C@@H]2[C@H](O)CO. The van der Waals surface area contributed by atoms with Gasteiger partial charge >= 0.3 is 5.97 Å². The molecule has 1 unspecified atom stereocenters. The van der Waals surface area contributed by atoms with Crippen LogP contribution in [0.15, 0.2) is 0 Å². The fourth-order valence-corrected chi connectivity index (χ4v) is 2.60. The van der Waals surface area contributed by atoms with Crippen molar-refractivity contribution in [2.45, 2.75) is 42.7 Å². The van der Waals surface area contributed by atoms with Gasteiger partial charge < -0.3 is 40.3 Å². The molecule has 0 spiro atoms. The van der Waals surface area contributed by atoms with Gasteiger partial charge in [0.1, 0.15) is 24.9 Å². The number of fused-ring (bicyclic) bond motifs is 2. The van der Waals surface area contributed by atoms with E-state index in [2.05, 4.69) is 5.32 Å². The highest BCUT2D eigenvalue weighted by atomic mass is 16.8. The third kappa shape index (κ3) is 2.73. The third-order valence-electron chi connectivity index (χ3n) is 3.59. The molecule has 0 aromatic heterocycles. The standard InChI is InChI=1S/C11H17NO9/c13-2-5(16)8-9-7(12-6(17)3-14)4(15)1-11(20-8,21-9)10(18)19/h4-5,7-9,13-16H,1-3H2,(H,12,17)(H,18,19)/t4-,5+,7+,8+,9+,11?/m0/s1. The van der Waals surface area contributed by atoms with Crippen LogP contribution in [0.1, 0.15) is 6.42 Å². The molecule has 0 aromatic rings. The van der Waals surface area contributed by atoms with E-state index in [1.54, 1.807) is 0 Å². The van der Waals surface area contributed by atoms with Crippen molar-refractivity contribution in [1.82, 2.24) is 5.32 Å². The summed E-state index contributed by atoms with van der Waals surface area (Å²) in [6.45, 7) is -1.54. The van der Waals surface area contributed by atoms with E-state index in [1.807, 2.05) is 0 Å². The molecule has 1 amide bonds. The predicted octanol–water partition coefficient (Wildman–Crippen LogP) is -3.85. The average Bonchev–Trinajstić information content (AvgIpc) is 2.78. The summed E-state index contributed by atoms with van der Waals surface area (Å²) in [5, 5.41) is 48.9. The first-order valence-corrected chi connectivity index (χ1v) is 6.31. The van der Waals surface area contributed by atoms with Gasteiger partial charge in [0.25, 0.3) is 5.79 Å². The number of aliphatic carboxylic acids is 1. The summed E-state index contributed by atoms with van der Waals surface area (Å²) in [4.78, 5) is 22.6. The lowest BCUT2D eigenvalue weighted by atomic mass is 9.92. The van der Waals surface area contributed by atoms with Crippen molar-refractivity contribution in [3.8, 4) is 0 Å². The quantitative estimate of drug-likeness (QED) is 0.298. The molecular formula is C11H17NO9. The van der Waals surface area contributed by atoms with Gasteiger partial charge in [-0.15, -0.1) is 0 Å². The van der Waals surface area contributed by atoms with E-state index >= 15 is 0 Å². The molecule has 2 fully saturated rings. The molecule has 10 nitrogen and oxygen atoms in total. The minimum atomic E-state index is -2.13. The number of nitrogens with one attached hydrogen (secondary N) is 1. The van der Waals surface area contributed by atoms with Crippen molar-refractivity contribution in [2.75, 3.05) is 13.2 Å². The summed E-state index contributed by atoms with van der Waals surface area (Å²) in [6.07, 6.45) is -5.65. The number of aliphatic hydroxyl groups excluding tert-OH is 4. The van der Waals surface area contributed by atoms with Crippen molar-refractivity contribution < 1.29 is 44.6 Å². The summed E-state index contributed by atoms with van der Waals surface area (Å²) in [7, 11) is 0. The Morgan fingerprint density at radius 3 is 2.52 bits per heavy atom. The van der Waals surface area contributed by atoms with E-state index in [4.69, 9.17) is 19.7 Å². The largest absolute Gasteiger partial charge is 0.477 e. The van der Waals surface area contributed by atoms with Crippen LogP contribution < -0.4 is 5.32 Å². The number of rotatable bonds is 5. The molecule has 10 heteroatoms. The maximum atomic E-state index is 11.3. The monoisotopic (exact) mass is 307 g/mol. The number of aliphatic hydroxyl groups is 4. The molecule has 0 aliphatic carbocycles. The summed E-state index contributed by atoms with van der Waals surface area (Å²) in [5.74, 6) is -4.41. The van der Waals surface area contributed by atoms with Gasteiger partial charge in [-0.25, -0.2) is 4.79 Å². The fraction of sp³-hybridized carbons (Fsp3) is 0.818. The number of hydrogen-bond acceptors (Lipinski definition) is 8. The van der Waals surface area contributed by atoms with E-state index in [0.29, 0.717) is 0 Å². The van der Waals surface area contributed by atoms with Gasteiger partial charge in [-0.3, -0.25) is 4.79 Å². The highest BCUT2D eigenvalue weighted by Crippen LogP contribution is 2.41. The Bertz CT molecular complexity index is 430. The lowest BCUT2D eigenvalue weighted by Crippen LogP contribution is -2.61. The summed E-state index contributed by atoms with van der Waals surface area (Å²) in [5.41, 5.74) is 0. The van der Waals surface area contributed by atoms with Crippen molar-refractivity contribution in [1.29, 1.82) is 0 Å². The Kier molecular flexibility index (Phi) is 4.46. The third-order valence-corrected chi connectivity index (χ3v) is 3.59. The Labute approximate surface area is 118 Å². The highest BCUT2D eigenvalue weighted by Gasteiger charge is 2.63. The van der Waals surface area contributed by atoms with Crippen molar-refractivity contribution in [2.24, 2.45) is 0 Å². The molecule has 2 heterocycles. The van der Waals surface area contributed by atoms with Gasteiger partial charge in [0.15, 0.2) is 0 Å². The zero-order chi connectivity index (χ0) is 15.8. The number of amides is 1. The van der Waals surface area contributed by atoms with Crippen LogP contribution in [0.25, 0.3) is 0 Å². The van der Waals surface area contributed by atoms with Gasteiger partial charge in [-0.1, -0.05) is 0 Å². The Morgan fingerprint density at radius 1 is 1.33 bits per heavy atom. The van der Waals surface area contributed by atoms with Gasteiger partial charge in [0, 0.05) is 6.42 Å². The van der Waals surface area contributed by atoms with Crippen molar-refractivity contribution in [3.05, 3.63) is 0 Å². The molecule has 2 rings (SSSR count). The Balaban J connectivity index is 2.27. The van der Waals surface area contributed by atoms with E-state index in [1.165, 1.54) is 0 Å². The first-order chi connectivity index (χ1) is 9.84. The van der Waals surface area contributed by atoms with E-state index in [-0.39, 0.29) is 0 Å². The van der Waals surface area contributed by atoms with Gasteiger partial charge in [-0.05, 0) is 0 Å².